The highest BCUT2D eigenvalue weighted by molar-refractivity contribution is 7.11. The van der Waals surface area contributed by atoms with E-state index in [9.17, 15) is 4.79 Å². The second-order valence-electron chi connectivity index (χ2n) is 3.86. The van der Waals surface area contributed by atoms with Crippen LogP contribution in [-0.2, 0) is 0 Å². The molecule has 0 aliphatic carbocycles. The minimum Gasteiger partial charge on any atom is -0.396 e. The molecule has 82 valence electrons. The number of aryl methyl sites for hydroxylation is 1. The zero-order valence-electron chi connectivity index (χ0n) is 8.64. The second-order valence-corrected chi connectivity index (χ2v) is 4.71. The summed E-state index contributed by atoms with van der Waals surface area (Å²) >= 11 is 1.39. The number of hydrogen-bond acceptors (Lipinski definition) is 4. The Morgan fingerprint density at radius 2 is 2.60 bits per heavy atom. The molecule has 2 rings (SSSR count). The van der Waals surface area contributed by atoms with Crippen LogP contribution in [0.5, 0.6) is 0 Å². The molecule has 2 heterocycles. The maximum atomic E-state index is 12.0. The first-order valence-corrected chi connectivity index (χ1v) is 5.90. The third-order valence-corrected chi connectivity index (χ3v) is 3.69. The third kappa shape index (κ3) is 2.03. The van der Waals surface area contributed by atoms with E-state index < -0.39 is 0 Å². The molecule has 5 heteroatoms. The van der Waals surface area contributed by atoms with Crippen molar-refractivity contribution in [3.05, 3.63) is 16.1 Å². The first-order chi connectivity index (χ1) is 7.22. The SMILES string of the molecule is Cc1ncsc1C(=O)N1CCC(CO)C1. The Kier molecular flexibility index (Phi) is 3.02. The summed E-state index contributed by atoms with van der Waals surface area (Å²) in [4.78, 5) is 18.6. The highest BCUT2D eigenvalue weighted by atomic mass is 32.1. The number of hydrogen-bond donors (Lipinski definition) is 1. The molecule has 15 heavy (non-hydrogen) atoms. The summed E-state index contributed by atoms with van der Waals surface area (Å²) in [5.41, 5.74) is 2.50. The normalized spacial score (nSPS) is 20.9. The fraction of sp³-hybridized carbons (Fsp3) is 0.600. The highest BCUT2D eigenvalue weighted by Gasteiger charge is 2.27. The van der Waals surface area contributed by atoms with Crippen molar-refractivity contribution in [2.24, 2.45) is 5.92 Å². The van der Waals surface area contributed by atoms with Gasteiger partial charge in [-0.2, -0.15) is 0 Å². The van der Waals surface area contributed by atoms with Crippen LogP contribution in [0, 0.1) is 12.8 Å². The van der Waals surface area contributed by atoms with Crippen molar-refractivity contribution in [1.29, 1.82) is 0 Å². The number of thiazole rings is 1. The topological polar surface area (TPSA) is 53.4 Å². The van der Waals surface area contributed by atoms with Crippen LogP contribution in [-0.4, -0.2) is 40.6 Å². The molecule has 0 spiro atoms. The van der Waals surface area contributed by atoms with Gasteiger partial charge in [-0.15, -0.1) is 11.3 Å². The Balaban J connectivity index is 2.07. The molecule has 4 nitrogen and oxygen atoms in total. The van der Waals surface area contributed by atoms with Gasteiger partial charge >= 0.3 is 0 Å². The number of rotatable bonds is 2. The van der Waals surface area contributed by atoms with Crippen molar-refractivity contribution >= 4 is 17.2 Å². The lowest BCUT2D eigenvalue weighted by Crippen LogP contribution is -2.28. The molecule has 0 radical (unpaired) electrons. The lowest BCUT2D eigenvalue weighted by Gasteiger charge is -2.15. The van der Waals surface area contributed by atoms with Crippen LogP contribution in [0.2, 0.25) is 0 Å². The van der Waals surface area contributed by atoms with E-state index in [0.717, 1.165) is 23.5 Å². The van der Waals surface area contributed by atoms with Crippen molar-refractivity contribution in [3.8, 4) is 0 Å². The molecule has 1 aliphatic heterocycles. The molecule has 1 saturated heterocycles. The summed E-state index contributed by atoms with van der Waals surface area (Å²) in [6.45, 7) is 3.45. The molecule has 0 saturated carbocycles. The number of likely N-dealkylation sites (tertiary alicyclic amines) is 1. The minimum absolute atomic E-state index is 0.0611. The van der Waals surface area contributed by atoms with Crippen LogP contribution in [0.3, 0.4) is 0 Å². The van der Waals surface area contributed by atoms with Gasteiger partial charge in [0.2, 0.25) is 0 Å². The Hall–Kier alpha value is -0.940. The second kappa shape index (κ2) is 4.28. The molecule has 0 aromatic carbocycles. The van der Waals surface area contributed by atoms with Gasteiger partial charge in [0.05, 0.1) is 11.2 Å². The van der Waals surface area contributed by atoms with E-state index in [2.05, 4.69) is 4.98 Å². The number of aliphatic hydroxyl groups excluding tert-OH is 1. The van der Waals surface area contributed by atoms with Gasteiger partial charge in [-0.3, -0.25) is 4.79 Å². The average molecular weight is 226 g/mol. The Morgan fingerprint density at radius 1 is 1.80 bits per heavy atom. The Labute approximate surface area is 92.6 Å². The minimum atomic E-state index is 0.0611. The van der Waals surface area contributed by atoms with E-state index in [4.69, 9.17) is 5.11 Å². The van der Waals surface area contributed by atoms with E-state index in [1.165, 1.54) is 11.3 Å². The molecule has 1 unspecified atom stereocenters. The fourth-order valence-corrected chi connectivity index (χ4v) is 2.59. The van der Waals surface area contributed by atoms with Gasteiger partial charge in [0, 0.05) is 25.6 Å². The largest absolute Gasteiger partial charge is 0.396 e. The van der Waals surface area contributed by atoms with E-state index in [1.54, 1.807) is 10.4 Å². The molecular weight excluding hydrogens is 212 g/mol. The fourth-order valence-electron chi connectivity index (χ4n) is 1.82. The zero-order chi connectivity index (χ0) is 10.8. The van der Waals surface area contributed by atoms with Crippen LogP contribution >= 0.6 is 11.3 Å². The summed E-state index contributed by atoms with van der Waals surface area (Å²) in [7, 11) is 0. The molecule has 1 fully saturated rings. The van der Waals surface area contributed by atoms with Crippen LogP contribution in [0.4, 0.5) is 0 Å². The summed E-state index contributed by atoms with van der Waals surface area (Å²) < 4.78 is 0. The number of aromatic nitrogens is 1. The third-order valence-electron chi connectivity index (χ3n) is 2.77. The molecule has 1 N–H and O–H groups in total. The smallest absolute Gasteiger partial charge is 0.265 e. The molecule has 1 atom stereocenters. The van der Waals surface area contributed by atoms with Crippen LogP contribution < -0.4 is 0 Å². The van der Waals surface area contributed by atoms with Crippen molar-refractivity contribution in [1.82, 2.24) is 9.88 Å². The Bertz CT molecular complexity index is 364. The van der Waals surface area contributed by atoms with Gasteiger partial charge in [-0.1, -0.05) is 0 Å². The molecule has 1 aromatic rings. The predicted octanol–water partition coefficient (Wildman–Crippen LogP) is 0.906. The van der Waals surface area contributed by atoms with Gasteiger partial charge in [0.15, 0.2) is 0 Å². The first-order valence-electron chi connectivity index (χ1n) is 5.02. The van der Waals surface area contributed by atoms with Crippen molar-refractivity contribution in [2.45, 2.75) is 13.3 Å². The zero-order valence-corrected chi connectivity index (χ0v) is 9.46. The number of carbonyl (C=O) groups excluding carboxylic acids is 1. The van der Waals surface area contributed by atoms with Crippen LogP contribution in [0.15, 0.2) is 5.51 Å². The van der Waals surface area contributed by atoms with Crippen molar-refractivity contribution in [3.63, 3.8) is 0 Å². The van der Waals surface area contributed by atoms with Gasteiger partial charge in [-0.05, 0) is 13.3 Å². The highest BCUT2D eigenvalue weighted by Crippen LogP contribution is 2.21. The summed E-state index contributed by atoms with van der Waals surface area (Å²) in [6.07, 6.45) is 0.903. The summed E-state index contributed by atoms with van der Waals surface area (Å²) in [5.74, 6) is 0.313. The molecule has 1 amide bonds. The predicted molar refractivity (Wildman–Crippen MR) is 57.9 cm³/mol. The molecule has 0 bridgehead atoms. The van der Waals surface area contributed by atoms with Crippen LogP contribution in [0.1, 0.15) is 21.8 Å². The number of amides is 1. The first kappa shape index (κ1) is 10.6. The monoisotopic (exact) mass is 226 g/mol. The van der Waals surface area contributed by atoms with Crippen molar-refractivity contribution < 1.29 is 9.90 Å². The van der Waals surface area contributed by atoms with E-state index in [0.29, 0.717) is 6.54 Å². The van der Waals surface area contributed by atoms with E-state index >= 15 is 0 Å². The number of nitrogens with zero attached hydrogens (tertiary/aromatic N) is 2. The average Bonchev–Trinajstić information content (AvgIpc) is 2.84. The van der Waals surface area contributed by atoms with E-state index in [1.807, 2.05) is 6.92 Å². The molecular formula is C10H14N2O2S. The number of aliphatic hydroxyl groups is 1. The maximum absolute atomic E-state index is 12.0. The number of carbonyl (C=O) groups is 1. The van der Waals surface area contributed by atoms with Gasteiger partial charge in [-0.25, -0.2) is 4.98 Å². The van der Waals surface area contributed by atoms with E-state index in [-0.39, 0.29) is 18.4 Å². The standard InChI is InChI=1S/C10H14N2O2S/c1-7-9(15-6-11-7)10(14)12-3-2-8(4-12)5-13/h6,8,13H,2-5H2,1H3. The summed E-state index contributed by atoms with van der Waals surface area (Å²) in [6, 6.07) is 0. The lowest BCUT2D eigenvalue weighted by atomic mass is 10.1. The molecule has 1 aliphatic rings. The van der Waals surface area contributed by atoms with Crippen LogP contribution in [0.25, 0.3) is 0 Å². The van der Waals surface area contributed by atoms with Gasteiger partial charge in [0.1, 0.15) is 4.88 Å². The quantitative estimate of drug-likeness (QED) is 0.815. The molecule has 1 aromatic heterocycles. The van der Waals surface area contributed by atoms with Crippen molar-refractivity contribution in [2.75, 3.05) is 19.7 Å². The lowest BCUT2D eigenvalue weighted by molar-refractivity contribution is 0.0785. The Morgan fingerprint density at radius 3 is 3.13 bits per heavy atom. The summed E-state index contributed by atoms with van der Waals surface area (Å²) in [5, 5.41) is 9.00. The maximum Gasteiger partial charge on any atom is 0.265 e. The van der Waals surface area contributed by atoms with Gasteiger partial charge in [0.25, 0.3) is 5.91 Å². The van der Waals surface area contributed by atoms with Gasteiger partial charge < -0.3 is 10.0 Å².